The van der Waals surface area contributed by atoms with Gasteiger partial charge in [0, 0.05) is 43.1 Å². The quantitative estimate of drug-likeness (QED) is 0.907. The molecular weight excluding hydrogens is 244 g/mol. The first-order valence-electron chi connectivity index (χ1n) is 7.07. The van der Waals surface area contributed by atoms with Crippen molar-refractivity contribution in [2.75, 3.05) is 11.9 Å². The van der Waals surface area contributed by atoms with E-state index in [1.165, 1.54) is 25.7 Å². The van der Waals surface area contributed by atoms with Crippen LogP contribution in [-0.4, -0.2) is 34.5 Å². The molecule has 4 nitrogen and oxygen atoms in total. The molecule has 3 rings (SSSR count). The van der Waals surface area contributed by atoms with Crippen LogP contribution in [0.25, 0.3) is 0 Å². The van der Waals surface area contributed by atoms with Gasteiger partial charge in [0.25, 0.3) is 0 Å². The number of nitrogens with zero attached hydrogens (tertiary/aromatic N) is 3. The van der Waals surface area contributed by atoms with Gasteiger partial charge in [0.2, 0.25) is 5.13 Å². The largest absolute Gasteiger partial charge is 0.347 e. The molecule has 0 saturated carbocycles. The van der Waals surface area contributed by atoms with Crippen LogP contribution in [0, 0.1) is 0 Å². The third-order valence-electron chi connectivity index (χ3n) is 4.23. The Morgan fingerprint density at radius 2 is 2.06 bits per heavy atom. The lowest BCUT2D eigenvalue weighted by Gasteiger charge is -2.35. The van der Waals surface area contributed by atoms with Crippen molar-refractivity contribution in [3.8, 4) is 0 Å². The van der Waals surface area contributed by atoms with Crippen molar-refractivity contribution in [2.45, 2.75) is 63.6 Å². The van der Waals surface area contributed by atoms with Gasteiger partial charge in [-0.1, -0.05) is 6.92 Å². The Morgan fingerprint density at radius 1 is 1.33 bits per heavy atom. The number of fused-ring (bicyclic) bond motifs is 2. The maximum atomic E-state index is 4.66. The molecular formula is C13H22N4S. The number of piperidine rings is 1. The van der Waals surface area contributed by atoms with E-state index in [1.807, 2.05) is 0 Å². The summed E-state index contributed by atoms with van der Waals surface area (Å²) >= 11 is 1.56. The molecule has 2 aliphatic heterocycles. The summed E-state index contributed by atoms with van der Waals surface area (Å²) in [7, 11) is 2.19. The summed E-state index contributed by atoms with van der Waals surface area (Å²) in [6.07, 6.45) is 7.35. The zero-order valence-electron chi connectivity index (χ0n) is 11.2. The van der Waals surface area contributed by atoms with Crippen molar-refractivity contribution < 1.29 is 0 Å². The standard InChI is InChI=1S/C13H22N4S/c1-3-4-12-15-13(18-16-12)17(2)11-7-9-5-6-10(8-11)14-9/h9-11,14H,3-8H2,1-2H3. The lowest BCUT2D eigenvalue weighted by Crippen LogP contribution is -2.47. The van der Waals surface area contributed by atoms with Gasteiger partial charge in [-0.3, -0.25) is 0 Å². The number of anilines is 1. The predicted molar refractivity (Wildman–Crippen MR) is 75.3 cm³/mol. The summed E-state index contributed by atoms with van der Waals surface area (Å²) in [5.41, 5.74) is 0. The molecule has 0 amide bonds. The van der Waals surface area contributed by atoms with Crippen molar-refractivity contribution in [3.05, 3.63) is 5.82 Å². The van der Waals surface area contributed by atoms with Gasteiger partial charge in [-0.2, -0.15) is 4.37 Å². The molecule has 0 aliphatic carbocycles. The Bertz CT molecular complexity index is 393. The maximum absolute atomic E-state index is 4.66. The van der Waals surface area contributed by atoms with Gasteiger partial charge < -0.3 is 10.2 Å². The first-order chi connectivity index (χ1) is 8.76. The Balaban J connectivity index is 1.67. The summed E-state index contributed by atoms with van der Waals surface area (Å²) < 4.78 is 4.45. The second-order valence-electron chi connectivity index (χ2n) is 5.62. The second kappa shape index (κ2) is 5.13. The maximum Gasteiger partial charge on any atom is 0.205 e. The van der Waals surface area contributed by atoms with Crippen LogP contribution in [0.4, 0.5) is 5.13 Å². The van der Waals surface area contributed by atoms with Gasteiger partial charge in [0.15, 0.2) is 0 Å². The Labute approximate surface area is 113 Å². The number of nitrogens with one attached hydrogen (secondary N) is 1. The van der Waals surface area contributed by atoms with Crippen LogP contribution in [0.5, 0.6) is 0 Å². The Hall–Kier alpha value is -0.680. The third-order valence-corrected chi connectivity index (χ3v) is 5.07. The Morgan fingerprint density at radius 3 is 2.72 bits per heavy atom. The fourth-order valence-electron chi connectivity index (χ4n) is 3.21. The fraction of sp³-hybridized carbons (Fsp3) is 0.846. The molecule has 2 fully saturated rings. The first-order valence-corrected chi connectivity index (χ1v) is 7.85. The van der Waals surface area contributed by atoms with Crippen LogP contribution in [0.15, 0.2) is 0 Å². The molecule has 1 aromatic rings. The van der Waals surface area contributed by atoms with Crippen molar-refractivity contribution >= 4 is 16.7 Å². The van der Waals surface area contributed by atoms with Crippen LogP contribution < -0.4 is 10.2 Å². The van der Waals surface area contributed by atoms with E-state index in [4.69, 9.17) is 0 Å². The van der Waals surface area contributed by atoms with E-state index in [0.29, 0.717) is 6.04 Å². The molecule has 0 spiro atoms. The van der Waals surface area contributed by atoms with E-state index < -0.39 is 0 Å². The highest BCUT2D eigenvalue weighted by atomic mass is 32.1. The highest BCUT2D eigenvalue weighted by Crippen LogP contribution is 2.31. The molecule has 3 heterocycles. The monoisotopic (exact) mass is 266 g/mol. The van der Waals surface area contributed by atoms with Gasteiger partial charge in [-0.15, -0.1) is 0 Å². The molecule has 2 atom stereocenters. The van der Waals surface area contributed by atoms with Crippen molar-refractivity contribution in [2.24, 2.45) is 0 Å². The summed E-state index contributed by atoms with van der Waals surface area (Å²) in [5.74, 6) is 1.02. The highest BCUT2D eigenvalue weighted by Gasteiger charge is 2.35. The average molecular weight is 266 g/mol. The van der Waals surface area contributed by atoms with Gasteiger partial charge >= 0.3 is 0 Å². The van der Waals surface area contributed by atoms with E-state index >= 15 is 0 Å². The smallest absolute Gasteiger partial charge is 0.205 e. The molecule has 2 aliphatic rings. The van der Waals surface area contributed by atoms with E-state index in [9.17, 15) is 0 Å². The van der Waals surface area contributed by atoms with Gasteiger partial charge in [-0.25, -0.2) is 4.98 Å². The fourth-order valence-corrected chi connectivity index (χ4v) is 3.96. The average Bonchev–Trinajstić information content (AvgIpc) is 2.96. The van der Waals surface area contributed by atoms with Crippen LogP contribution >= 0.6 is 11.5 Å². The van der Waals surface area contributed by atoms with E-state index in [1.54, 1.807) is 11.5 Å². The summed E-state index contributed by atoms with van der Waals surface area (Å²) in [6.45, 7) is 2.18. The van der Waals surface area contributed by atoms with E-state index in [0.717, 1.165) is 35.9 Å². The minimum Gasteiger partial charge on any atom is -0.347 e. The lowest BCUT2D eigenvalue weighted by molar-refractivity contribution is 0.354. The van der Waals surface area contributed by atoms with Gasteiger partial charge in [0.05, 0.1) is 0 Å². The highest BCUT2D eigenvalue weighted by molar-refractivity contribution is 7.09. The van der Waals surface area contributed by atoms with Crippen LogP contribution in [0.1, 0.15) is 44.9 Å². The molecule has 2 unspecified atom stereocenters. The molecule has 0 radical (unpaired) electrons. The van der Waals surface area contributed by atoms with Crippen molar-refractivity contribution in [1.82, 2.24) is 14.7 Å². The predicted octanol–water partition coefficient (Wildman–Crippen LogP) is 2.21. The SMILES string of the molecule is CCCc1nsc(N(C)C2CC3CCC(C2)N3)n1. The third kappa shape index (κ3) is 2.38. The molecule has 2 saturated heterocycles. The van der Waals surface area contributed by atoms with E-state index in [-0.39, 0.29) is 0 Å². The lowest BCUT2D eigenvalue weighted by atomic mass is 9.99. The minimum atomic E-state index is 0.645. The first kappa shape index (κ1) is 12.4. The zero-order valence-corrected chi connectivity index (χ0v) is 12.0. The molecule has 100 valence electrons. The minimum absolute atomic E-state index is 0.645. The molecule has 18 heavy (non-hydrogen) atoms. The van der Waals surface area contributed by atoms with Crippen molar-refractivity contribution in [3.63, 3.8) is 0 Å². The van der Waals surface area contributed by atoms with E-state index in [2.05, 4.69) is 33.5 Å². The molecule has 5 heteroatoms. The molecule has 2 bridgehead atoms. The van der Waals surface area contributed by atoms with Crippen LogP contribution in [-0.2, 0) is 6.42 Å². The molecule has 1 N–H and O–H groups in total. The van der Waals surface area contributed by atoms with Crippen molar-refractivity contribution in [1.29, 1.82) is 0 Å². The number of rotatable bonds is 4. The van der Waals surface area contributed by atoms with Crippen LogP contribution in [0.3, 0.4) is 0 Å². The Kier molecular flexibility index (Phi) is 3.52. The van der Waals surface area contributed by atoms with Gasteiger partial charge in [-0.05, 0) is 32.1 Å². The number of aryl methyl sites for hydroxylation is 1. The molecule has 0 aromatic carbocycles. The molecule has 1 aromatic heterocycles. The van der Waals surface area contributed by atoms with Gasteiger partial charge in [0.1, 0.15) is 5.82 Å². The number of hydrogen-bond donors (Lipinski definition) is 1. The normalized spacial score (nSPS) is 30.7. The number of aromatic nitrogens is 2. The van der Waals surface area contributed by atoms with Crippen LogP contribution in [0.2, 0.25) is 0 Å². The summed E-state index contributed by atoms with van der Waals surface area (Å²) in [6, 6.07) is 2.12. The zero-order chi connectivity index (χ0) is 12.5. The summed E-state index contributed by atoms with van der Waals surface area (Å²) in [4.78, 5) is 7.02. The topological polar surface area (TPSA) is 41.1 Å². The summed E-state index contributed by atoms with van der Waals surface area (Å²) in [5, 5.41) is 4.79. The second-order valence-corrected chi connectivity index (χ2v) is 6.35. The number of hydrogen-bond acceptors (Lipinski definition) is 5.